The van der Waals surface area contributed by atoms with E-state index < -0.39 is 6.85 Å². The standard InChI is InChI=1S/C22H30N.3C21H28N/c1-15-8-9-17(16(2)12-15)20-13-18-19(14-23(20)7)22(5,6)11-10-21(18,3)4;1-14-7-8-17(16(3)11-14)20-12-18-15(2)9-10-21(4,5)19(18)13-22(20)6;1-15-13-17-18(21(4,5)11-10-20(17,2)3)14-16(15)19-9-7-8-12-22(19)6;1-15-9-7-8-10-16(15)19-13-17-18(14-22(19)6)21(4,5)12-11-20(17,2)3/h8-9,12-14H,10-11H2,1-7H3;7-8,11-13,15H,9-10H2,1-6H3;7-9,12-14H,10-11H2,1-6H3;7-10,13-14H,11-12H2,1-6H3/q4*+1/i1D3;;;. The van der Waals surface area contributed by atoms with Gasteiger partial charge in [-0.05, 0) is 217 Å². The topological polar surface area (TPSA) is 15.5 Å². The van der Waals surface area contributed by atoms with Gasteiger partial charge in [0.25, 0.3) is 0 Å². The smallest absolute Gasteiger partial charge is 0.201 e. The molecule has 4 heteroatoms. The molecular formula is C85H114N4+4. The molecule has 4 nitrogen and oxygen atoms in total. The summed E-state index contributed by atoms with van der Waals surface area (Å²) >= 11 is 0. The summed E-state index contributed by atoms with van der Waals surface area (Å²) in [4.78, 5) is 0. The largest absolute Gasteiger partial charge is 0.212 e. The lowest BCUT2D eigenvalue weighted by atomic mass is 9.62. The molecule has 0 amide bonds. The van der Waals surface area contributed by atoms with Gasteiger partial charge in [0.15, 0.2) is 24.8 Å². The molecule has 4 aliphatic carbocycles. The van der Waals surface area contributed by atoms with E-state index in [4.69, 9.17) is 4.11 Å². The highest BCUT2D eigenvalue weighted by molar-refractivity contribution is 5.67. The van der Waals surface area contributed by atoms with E-state index in [1.807, 2.05) is 13.0 Å². The predicted molar refractivity (Wildman–Crippen MR) is 377 cm³/mol. The van der Waals surface area contributed by atoms with Crippen molar-refractivity contribution in [2.24, 2.45) is 28.2 Å². The number of hydrogen-bond donors (Lipinski definition) is 0. The third-order valence-corrected chi connectivity index (χ3v) is 22.1. The molecule has 0 radical (unpaired) electrons. The van der Waals surface area contributed by atoms with Crippen LogP contribution in [0.5, 0.6) is 0 Å². The molecule has 1 unspecified atom stereocenters. The van der Waals surface area contributed by atoms with Gasteiger partial charge < -0.3 is 0 Å². The Morgan fingerprint density at radius 2 is 0.719 bits per heavy atom. The fourth-order valence-electron chi connectivity index (χ4n) is 15.3. The zero-order valence-corrected chi connectivity index (χ0v) is 59.7. The van der Waals surface area contributed by atoms with Crippen LogP contribution in [-0.2, 0) is 66.1 Å². The maximum absolute atomic E-state index is 7.64. The van der Waals surface area contributed by atoms with Crippen molar-refractivity contribution in [2.45, 2.75) is 241 Å². The average Bonchev–Trinajstić information content (AvgIpc) is 0.765. The van der Waals surface area contributed by atoms with Crippen LogP contribution in [0.15, 0.2) is 134 Å². The molecule has 1 atom stereocenters. The zero-order chi connectivity index (χ0) is 67.8. The van der Waals surface area contributed by atoms with Crippen molar-refractivity contribution < 1.29 is 22.4 Å². The molecule has 8 aromatic rings. The summed E-state index contributed by atoms with van der Waals surface area (Å²) < 4.78 is 31.9. The highest BCUT2D eigenvalue weighted by Crippen LogP contribution is 2.50. The quantitative estimate of drug-likeness (QED) is 0.156. The number of hydrogen-bond acceptors (Lipinski definition) is 0. The monoisotopic (exact) mass is 1190 g/mol. The molecule has 4 aromatic carbocycles. The van der Waals surface area contributed by atoms with E-state index in [9.17, 15) is 0 Å². The SMILES string of the molecule is Cc1cc2c(cc1-c1cccc[n+]1C)C(C)(C)CCC2(C)C.Cc1ccc(-c2cc3c(c[n+]2C)C(C)(C)CCC3C)c(C)c1.Cc1ccccc1-c1cc2c(c[n+]1C)C(C)(C)CCC2(C)C.[2H]C([2H])([2H])c1ccc(-c2cc3c(c[n+]2C)C(C)(C)CCC3(C)C)c(C)c1. The van der Waals surface area contributed by atoms with Crippen LogP contribution in [0.4, 0.5) is 0 Å². The molecule has 0 bridgehead atoms. The summed E-state index contributed by atoms with van der Waals surface area (Å²) in [5, 5.41) is 0. The molecule has 0 aliphatic heterocycles. The van der Waals surface area contributed by atoms with E-state index in [2.05, 4.69) is 294 Å². The Bertz CT molecular complexity index is 3960. The molecule has 0 spiro atoms. The zero-order valence-electron chi connectivity index (χ0n) is 62.7. The lowest BCUT2D eigenvalue weighted by Crippen LogP contribution is -2.40. The van der Waals surface area contributed by atoms with Gasteiger partial charge >= 0.3 is 0 Å². The summed E-state index contributed by atoms with van der Waals surface area (Å²) in [5.74, 6) is 0.661. The third-order valence-electron chi connectivity index (χ3n) is 22.1. The van der Waals surface area contributed by atoms with Crippen molar-refractivity contribution in [3.8, 4) is 45.0 Å². The van der Waals surface area contributed by atoms with E-state index in [0.29, 0.717) is 16.9 Å². The Kier molecular flexibility index (Phi) is 17.3. The predicted octanol–water partition coefficient (Wildman–Crippen LogP) is 19.8. The van der Waals surface area contributed by atoms with Crippen LogP contribution < -0.4 is 18.3 Å². The Morgan fingerprint density at radius 3 is 1.19 bits per heavy atom. The van der Waals surface area contributed by atoms with Crippen molar-refractivity contribution in [2.75, 3.05) is 0 Å². The van der Waals surface area contributed by atoms with Crippen LogP contribution >= 0.6 is 0 Å². The van der Waals surface area contributed by atoms with E-state index >= 15 is 0 Å². The summed E-state index contributed by atoms with van der Waals surface area (Å²) in [6.07, 6.45) is 19.1. The molecule has 470 valence electrons. The number of aromatic nitrogens is 4. The van der Waals surface area contributed by atoms with Gasteiger partial charge in [-0.15, -0.1) is 0 Å². The highest BCUT2D eigenvalue weighted by atomic mass is 14.9. The molecule has 0 fully saturated rings. The van der Waals surface area contributed by atoms with E-state index in [0.717, 1.165) is 16.8 Å². The molecule has 0 saturated carbocycles. The maximum Gasteiger partial charge on any atom is 0.212 e. The Labute approximate surface area is 545 Å². The minimum Gasteiger partial charge on any atom is -0.201 e. The number of nitrogens with zero attached hydrogens (tertiary/aromatic N) is 4. The second kappa shape index (κ2) is 24.6. The van der Waals surface area contributed by atoms with Crippen LogP contribution in [0.25, 0.3) is 45.0 Å². The molecule has 0 saturated heterocycles. The summed E-state index contributed by atoms with van der Waals surface area (Å²) in [6.45, 7) is 44.3. The molecule has 0 N–H and O–H groups in total. The van der Waals surface area contributed by atoms with Crippen LogP contribution in [0.1, 0.15) is 243 Å². The van der Waals surface area contributed by atoms with Crippen LogP contribution in [0.3, 0.4) is 0 Å². The molecule has 4 heterocycles. The van der Waals surface area contributed by atoms with Crippen molar-refractivity contribution in [3.63, 3.8) is 0 Å². The van der Waals surface area contributed by atoms with Gasteiger partial charge in [-0.3, -0.25) is 0 Å². The van der Waals surface area contributed by atoms with Crippen LogP contribution in [-0.4, -0.2) is 0 Å². The van der Waals surface area contributed by atoms with Gasteiger partial charge in [-0.2, -0.15) is 0 Å². The van der Waals surface area contributed by atoms with Gasteiger partial charge in [0, 0.05) is 73.4 Å². The maximum atomic E-state index is 7.64. The number of rotatable bonds is 4. The highest BCUT2D eigenvalue weighted by Gasteiger charge is 2.43. The van der Waals surface area contributed by atoms with Gasteiger partial charge in [0.2, 0.25) is 22.8 Å². The van der Waals surface area contributed by atoms with E-state index in [1.165, 1.54) is 141 Å². The van der Waals surface area contributed by atoms with Gasteiger partial charge in [0.05, 0.1) is 0 Å². The number of aryl methyl sites for hydroxylation is 10. The summed E-state index contributed by atoms with van der Waals surface area (Å²) in [6, 6.07) is 39.5. The van der Waals surface area contributed by atoms with Crippen molar-refractivity contribution in [1.82, 2.24) is 0 Å². The first-order chi connectivity index (χ1) is 42.6. The second-order valence-corrected chi connectivity index (χ2v) is 32.5. The Hall–Kier alpha value is -6.52. The van der Waals surface area contributed by atoms with Gasteiger partial charge in [-0.25, -0.2) is 18.3 Å². The first-order valence-electron chi connectivity index (χ1n) is 35.1. The molecule has 4 aliphatic rings. The number of benzene rings is 4. The first kappa shape index (κ1) is 62.7. The van der Waals surface area contributed by atoms with Gasteiger partial charge in [0.1, 0.15) is 28.2 Å². The van der Waals surface area contributed by atoms with Crippen LogP contribution in [0.2, 0.25) is 0 Å². The minimum absolute atomic E-state index is 0.153. The fourth-order valence-corrected chi connectivity index (χ4v) is 15.3. The minimum atomic E-state index is -2.06. The van der Waals surface area contributed by atoms with Crippen molar-refractivity contribution in [3.05, 3.63) is 212 Å². The third kappa shape index (κ3) is 13.6. The summed E-state index contributed by atoms with van der Waals surface area (Å²) in [7, 11) is 8.58. The molecule has 4 aromatic heterocycles. The Balaban J connectivity index is 0.000000145. The number of fused-ring (bicyclic) bond motifs is 4. The molecule has 89 heavy (non-hydrogen) atoms. The Morgan fingerprint density at radius 1 is 0.337 bits per heavy atom. The number of pyridine rings is 4. The van der Waals surface area contributed by atoms with E-state index in [1.54, 1.807) is 23.3 Å². The summed E-state index contributed by atoms with van der Waals surface area (Å²) in [5.41, 5.74) is 30.8. The lowest BCUT2D eigenvalue weighted by Gasteiger charge is -2.42. The first-order valence-corrected chi connectivity index (χ1v) is 33.6. The van der Waals surface area contributed by atoms with Crippen molar-refractivity contribution >= 4 is 0 Å². The lowest BCUT2D eigenvalue weighted by molar-refractivity contribution is -0.661. The normalized spacial score (nSPS) is 19.6. The second-order valence-electron chi connectivity index (χ2n) is 32.5. The molecule has 12 rings (SSSR count). The van der Waals surface area contributed by atoms with Crippen LogP contribution in [0, 0.1) is 41.5 Å². The van der Waals surface area contributed by atoms with Crippen molar-refractivity contribution in [1.29, 1.82) is 0 Å². The average molecular weight is 1190 g/mol. The molecular weight excluding hydrogens is 1080 g/mol. The van der Waals surface area contributed by atoms with E-state index in [-0.39, 0.29) is 32.5 Å². The fraction of sp³-hybridized carbons (Fsp3) is 0.482. The van der Waals surface area contributed by atoms with Gasteiger partial charge in [-0.1, -0.05) is 164 Å².